The zero-order chi connectivity index (χ0) is 17.2. The van der Waals surface area contributed by atoms with Crippen molar-refractivity contribution < 1.29 is 9.59 Å². The molecule has 0 bridgehead atoms. The highest BCUT2D eigenvalue weighted by molar-refractivity contribution is 5.84. The van der Waals surface area contributed by atoms with Crippen LogP contribution in [0, 0.1) is 5.92 Å². The molecule has 0 saturated carbocycles. The summed E-state index contributed by atoms with van der Waals surface area (Å²) >= 11 is 0. The molecule has 2 aliphatic rings. The van der Waals surface area contributed by atoms with E-state index in [1.54, 1.807) is 6.33 Å². The van der Waals surface area contributed by atoms with Crippen molar-refractivity contribution in [3.8, 4) is 0 Å². The van der Waals surface area contributed by atoms with E-state index in [0.717, 1.165) is 29.7 Å². The molecule has 1 N–H and O–H groups in total. The van der Waals surface area contributed by atoms with Crippen LogP contribution in [0.25, 0.3) is 10.9 Å². The Hall–Kier alpha value is -2.70. The van der Waals surface area contributed by atoms with Crippen molar-refractivity contribution in [2.75, 3.05) is 37.6 Å². The fourth-order valence-corrected chi connectivity index (χ4v) is 3.56. The Morgan fingerprint density at radius 2 is 2.04 bits per heavy atom. The molecule has 25 heavy (non-hydrogen) atoms. The minimum Gasteiger partial charge on any atom is -0.368 e. The number of carbonyl (C=O) groups is 2. The molecular formula is C18H21N5O2. The highest BCUT2D eigenvalue weighted by atomic mass is 16.2. The van der Waals surface area contributed by atoms with Gasteiger partial charge in [0.15, 0.2) is 0 Å². The number of anilines is 1. The number of hydrogen-bond acceptors (Lipinski definition) is 5. The second-order valence-corrected chi connectivity index (χ2v) is 6.62. The van der Waals surface area contributed by atoms with Gasteiger partial charge < -0.3 is 15.1 Å². The molecule has 0 aliphatic carbocycles. The lowest BCUT2D eigenvalue weighted by Gasteiger charge is -2.38. The first-order valence-electron chi connectivity index (χ1n) is 8.71. The first-order chi connectivity index (χ1) is 12.2. The Bertz CT molecular complexity index is 791. The van der Waals surface area contributed by atoms with Crippen LogP contribution >= 0.6 is 0 Å². The second kappa shape index (κ2) is 6.66. The molecule has 1 atom stereocenters. The Morgan fingerprint density at radius 1 is 1.20 bits per heavy atom. The van der Waals surface area contributed by atoms with E-state index >= 15 is 0 Å². The minimum atomic E-state index is -0.0675. The molecule has 1 aromatic carbocycles. The number of aromatic nitrogens is 2. The molecular weight excluding hydrogens is 318 g/mol. The maximum absolute atomic E-state index is 12.6. The molecule has 1 unspecified atom stereocenters. The molecule has 2 fully saturated rings. The predicted molar refractivity (Wildman–Crippen MR) is 94.1 cm³/mol. The fourth-order valence-electron chi connectivity index (χ4n) is 3.56. The van der Waals surface area contributed by atoms with Crippen molar-refractivity contribution in [1.29, 1.82) is 0 Å². The average Bonchev–Trinajstić information content (AvgIpc) is 2.68. The highest BCUT2D eigenvalue weighted by Crippen LogP contribution is 2.22. The summed E-state index contributed by atoms with van der Waals surface area (Å²) in [6.45, 7) is 3.52. The van der Waals surface area contributed by atoms with Crippen molar-refractivity contribution >= 4 is 28.4 Å². The van der Waals surface area contributed by atoms with Gasteiger partial charge in [-0.1, -0.05) is 0 Å². The number of rotatable bonds is 2. The van der Waals surface area contributed by atoms with Crippen molar-refractivity contribution in [2.45, 2.75) is 12.8 Å². The van der Waals surface area contributed by atoms with Crippen LogP contribution in [-0.4, -0.2) is 59.4 Å². The van der Waals surface area contributed by atoms with Gasteiger partial charge in [-0.2, -0.15) is 0 Å². The maximum atomic E-state index is 12.6. The van der Waals surface area contributed by atoms with Gasteiger partial charge >= 0.3 is 0 Å². The molecule has 2 amide bonds. The molecule has 2 saturated heterocycles. The van der Waals surface area contributed by atoms with Gasteiger partial charge in [0, 0.05) is 56.4 Å². The molecule has 7 nitrogen and oxygen atoms in total. The van der Waals surface area contributed by atoms with Crippen LogP contribution in [-0.2, 0) is 9.59 Å². The average molecular weight is 339 g/mol. The van der Waals surface area contributed by atoms with Crippen LogP contribution in [0.3, 0.4) is 0 Å². The molecule has 2 aliphatic heterocycles. The van der Waals surface area contributed by atoms with E-state index in [1.807, 2.05) is 17.2 Å². The van der Waals surface area contributed by atoms with Crippen molar-refractivity contribution in [3.05, 3.63) is 30.7 Å². The van der Waals surface area contributed by atoms with Gasteiger partial charge in [0.25, 0.3) is 0 Å². The van der Waals surface area contributed by atoms with E-state index in [4.69, 9.17) is 0 Å². The zero-order valence-corrected chi connectivity index (χ0v) is 14.0. The van der Waals surface area contributed by atoms with E-state index in [-0.39, 0.29) is 17.7 Å². The van der Waals surface area contributed by atoms with Gasteiger partial charge in [0.05, 0.1) is 11.4 Å². The number of piperidine rings is 1. The van der Waals surface area contributed by atoms with E-state index < -0.39 is 0 Å². The summed E-state index contributed by atoms with van der Waals surface area (Å²) in [5.74, 6) is 0.155. The molecule has 0 radical (unpaired) electrons. The normalized spacial score (nSPS) is 21.3. The first kappa shape index (κ1) is 15.8. The molecule has 4 rings (SSSR count). The van der Waals surface area contributed by atoms with Gasteiger partial charge in [-0.15, -0.1) is 0 Å². The third-order valence-electron chi connectivity index (χ3n) is 5.06. The third-order valence-corrected chi connectivity index (χ3v) is 5.06. The standard InChI is InChI=1S/C18H21N5O2/c24-17-4-1-13(11-20-17)18(25)23-7-5-22(6-8-23)15-2-3-16-14(9-15)10-19-12-21-16/h2-3,9-10,12-13H,1,4-8,11H2,(H,20,24). The van der Waals surface area contributed by atoms with Crippen molar-refractivity contribution in [3.63, 3.8) is 0 Å². The number of nitrogens with zero attached hydrogens (tertiary/aromatic N) is 4. The Labute approximate surface area is 146 Å². The van der Waals surface area contributed by atoms with Crippen molar-refractivity contribution in [2.24, 2.45) is 5.92 Å². The van der Waals surface area contributed by atoms with Crippen molar-refractivity contribution in [1.82, 2.24) is 20.2 Å². The summed E-state index contributed by atoms with van der Waals surface area (Å²) in [6.07, 6.45) is 4.49. The predicted octanol–water partition coefficient (Wildman–Crippen LogP) is 0.805. The maximum Gasteiger partial charge on any atom is 0.227 e. The van der Waals surface area contributed by atoms with Crippen LogP contribution in [0.5, 0.6) is 0 Å². The minimum absolute atomic E-state index is 0.0501. The van der Waals surface area contributed by atoms with Gasteiger partial charge in [-0.3, -0.25) is 9.59 Å². The molecule has 1 aromatic heterocycles. The molecule has 130 valence electrons. The van der Waals surface area contributed by atoms with Gasteiger partial charge in [-0.25, -0.2) is 9.97 Å². The van der Waals surface area contributed by atoms with E-state index in [2.05, 4.69) is 32.3 Å². The number of hydrogen-bond donors (Lipinski definition) is 1. The summed E-state index contributed by atoms with van der Waals surface area (Å²) in [5.41, 5.74) is 2.08. The molecule has 3 heterocycles. The van der Waals surface area contributed by atoms with E-state index in [1.165, 1.54) is 0 Å². The second-order valence-electron chi connectivity index (χ2n) is 6.62. The summed E-state index contributed by atoms with van der Waals surface area (Å²) in [4.78, 5) is 36.4. The third kappa shape index (κ3) is 3.26. The van der Waals surface area contributed by atoms with Gasteiger partial charge in [0.2, 0.25) is 11.8 Å². The monoisotopic (exact) mass is 339 g/mol. The number of carbonyl (C=O) groups excluding carboxylic acids is 2. The Morgan fingerprint density at radius 3 is 2.80 bits per heavy atom. The zero-order valence-electron chi connectivity index (χ0n) is 14.0. The largest absolute Gasteiger partial charge is 0.368 e. The molecule has 0 spiro atoms. The lowest BCUT2D eigenvalue weighted by molar-refractivity contribution is -0.137. The first-order valence-corrected chi connectivity index (χ1v) is 8.71. The summed E-state index contributed by atoms with van der Waals surface area (Å²) < 4.78 is 0. The van der Waals surface area contributed by atoms with Gasteiger partial charge in [-0.05, 0) is 24.6 Å². The van der Waals surface area contributed by atoms with Crippen LogP contribution in [0.15, 0.2) is 30.7 Å². The van der Waals surface area contributed by atoms with Gasteiger partial charge in [0.1, 0.15) is 6.33 Å². The number of nitrogens with one attached hydrogen (secondary N) is 1. The fraction of sp³-hybridized carbons (Fsp3) is 0.444. The number of benzene rings is 1. The van der Waals surface area contributed by atoms with E-state index in [0.29, 0.717) is 32.5 Å². The molecule has 7 heteroatoms. The van der Waals surface area contributed by atoms with Crippen LogP contribution in [0.4, 0.5) is 5.69 Å². The quantitative estimate of drug-likeness (QED) is 0.876. The van der Waals surface area contributed by atoms with Crippen LogP contribution in [0.2, 0.25) is 0 Å². The summed E-state index contributed by atoms with van der Waals surface area (Å²) in [5, 5.41) is 3.82. The lowest BCUT2D eigenvalue weighted by atomic mass is 9.97. The topological polar surface area (TPSA) is 78.4 Å². The molecule has 2 aromatic rings. The SMILES string of the molecule is O=C1CCC(C(=O)N2CCN(c3ccc4ncncc4c3)CC2)CN1. The highest BCUT2D eigenvalue weighted by Gasteiger charge is 2.30. The number of amides is 2. The number of fused-ring (bicyclic) bond motifs is 1. The Balaban J connectivity index is 1.38. The number of piperazine rings is 1. The van der Waals surface area contributed by atoms with Crippen LogP contribution < -0.4 is 10.2 Å². The smallest absolute Gasteiger partial charge is 0.227 e. The lowest BCUT2D eigenvalue weighted by Crippen LogP contribution is -2.52. The summed E-state index contributed by atoms with van der Waals surface area (Å²) in [6, 6.07) is 6.18. The van der Waals surface area contributed by atoms with Crippen LogP contribution in [0.1, 0.15) is 12.8 Å². The summed E-state index contributed by atoms with van der Waals surface area (Å²) in [7, 11) is 0. The Kier molecular flexibility index (Phi) is 4.21. The van der Waals surface area contributed by atoms with E-state index in [9.17, 15) is 9.59 Å².